The molecule has 0 spiro atoms. The highest BCUT2D eigenvalue weighted by atomic mass is 15.3. The minimum atomic E-state index is 0.620. The summed E-state index contributed by atoms with van der Waals surface area (Å²) in [6.07, 6.45) is 7.26. The maximum Gasteiger partial charge on any atom is 0.180 e. The molecule has 90 valence electrons. The van der Waals surface area contributed by atoms with E-state index in [1.54, 1.807) is 10.7 Å². The lowest BCUT2D eigenvalue weighted by Gasteiger charge is -2.24. The van der Waals surface area contributed by atoms with Crippen LogP contribution in [0.25, 0.3) is 5.65 Å². The van der Waals surface area contributed by atoms with Crippen molar-refractivity contribution in [1.29, 1.82) is 0 Å². The van der Waals surface area contributed by atoms with E-state index < -0.39 is 0 Å². The Morgan fingerprint density at radius 2 is 2.41 bits per heavy atom. The van der Waals surface area contributed by atoms with Gasteiger partial charge in [0, 0.05) is 18.8 Å². The molecular formula is C12H17N5. The lowest BCUT2D eigenvalue weighted by Crippen LogP contribution is -2.29. The van der Waals surface area contributed by atoms with Crippen LogP contribution in [0.4, 0.5) is 11.5 Å². The Labute approximate surface area is 100 Å². The van der Waals surface area contributed by atoms with Crippen LogP contribution in [0.5, 0.6) is 0 Å². The molecule has 0 amide bonds. The molecule has 2 aromatic heterocycles. The van der Waals surface area contributed by atoms with Gasteiger partial charge in [-0.3, -0.25) is 0 Å². The van der Waals surface area contributed by atoms with Gasteiger partial charge in [0.25, 0.3) is 0 Å². The van der Waals surface area contributed by atoms with Crippen LogP contribution in [0.2, 0.25) is 0 Å². The topological polar surface area (TPSA) is 59.5 Å². The van der Waals surface area contributed by atoms with Crippen molar-refractivity contribution in [2.24, 2.45) is 0 Å². The third-order valence-electron chi connectivity index (χ3n) is 3.52. The molecule has 0 bridgehead atoms. The monoisotopic (exact) mass is 231 g/mol. The summed E-state index contributed by atoms with van der Waals surface area (Å²) in [5.74, 6) is 1.02. The largest absolute Gasteiger partial charge is 0.394 e. The second-order valence-electron chi connectivity index (χ2n) is 4.55. The average Bonchev–Trinajstić information content (AvgIpc) is 2.96. The number of fused-ring (bicyclic) bond motifs is 1. The second-order valence-corrected chi connectivity index (χ2v) is 4.55. The molecule has 0 aromatic carbocycles. The summed E-state index contributed by atoms with van der Waals surface area (Å²) in [6, 6.07) is 2.64. The molecule has 0 radical (unpaired) electrons. The van der Waals surface area contributed by atoms with E-state index in [4.69, 9.17) is 5.73 Å². The van der Waals surface area contributed by atoms with Gasteiger partial charge in [0.2, 0.25) is 0 Å². The molecule has 0 unspecified atom stereocenters. The van der Waals surface area contributed by atoms with E-state index in [2.05, 4.69) is 21.9 Å². The predicted octanol–water partition coefficient (Wildman–Crippen LogP) is 1.69. The molecule has 3 rings (SSSR count). The van der Waals surface area contributed by atoms with Crippen LogP contribution < -0.4 is 10.6 Å². The number of nitrogens with two attached hydrogens (primary N) is 1. The first kappa shape index (κ1) is 10.4. The highest BCUT2D eigenvalue weighted by Gasteiger charge is 2.24. The lowest BCUT2D eigenvalue weighted by atomic mass is 10.2. The van der Waals surface area contributed by atoms with Crippen LogP contribution in [-0.2, 0) is 0 Å². The Morgan fingerprint density at radius 1 is 1.53 bits per heavy atom. The fourth-order valence-corrected chi connectivity index (χ4v) is 2.60. The van der Waals surface area contributed by atoms with Crippen molar-refractivity contribution in [3.05, 3.63) is 18.5 Å². The maximum absolute atomic E-state index is 5.85. The van der Waals surface area contributed by atoms with Gasteiger partial charge in [0.15, 0.2) is 5.65 Å². The van der Waals surface area contributed by atoms with Gasteiger partial charge >= 0.3 is 0 Å². The molecule has 1 atom stereocenters. The SMILES string of the molecule is CC[C@H]1CCCN1c1ccn2ncc(N)c2n1. The van der Waals surface area contributed by atoms with Gasteiger partial charge in [-0.05, 0) is 25.3 Å². The summed E-state index contributed by atoms with van der Waals surface area (Å²) in [5, 5.41) is 4.14. The number of hydrogen-bond acceptors (Lipinski definition) is 4. The van der Waals surface area contributed by atoms with Crippen LogP contribution >= 0.6 is 0 Å². The second kappa shape index (κ2) is 3.91. The van der Waals surface area contributed by atoms with Crippen molar-refractivity contribution in [1.82, 2.24) is 14.6 Å². The van der Waals surface area contributed by atoms with Gasteiger partial charge in [0.05, 0.1) is 11.9 Å². The molecule has 2 N–H and O–H groups in total. The molecule has 5 nitrogen and oxygen atoms in total. The zero-order valence-corrected chi connectivity index (χ0v) is 10.0. The normalized spacial score (nSPS) is 20.3. The zero-order valence-electron chi connectivity index (χ0n) is 10.0. The molecule has 1 saturated heterocycles. The van der Waals surface area contributed by atoms with Gasteiger partial charge in [-0.25, -0.2) is 9.50 Å². The van der Waals surface area contributed by atoms with Crippen molar-refractivity contribution >= 4 is 17.2 Å². The van der Waals surface area contributed by atoms with Gasteiger partial charge in [0.1, 0.15) is 5.82 Å². The van der Waals surface area contributed by atoms with Crippen molar-refractivity contribution in [3.8, 4) is 0 Å². The quantitative estimate of drug-likeness (QED) is 0.854. The molecule has 5 heteroatoms. The predicted molar refractivity (Wildman–Crippen MR) is 68.1 cm³/mol. The highest BCUT2D eigenvalue weighted by Crippen LogP contribution is 2.26. The number of rotatable bonds is 2. The van der Waals surface area contributed by atoms with Gasteiger partial charge < -0.3 is 10.6 Å². The average molecular weight is 231 g/mol. The fraction of sp³-hybridized carbons (Fsp3) is 0.500. The number of nitrogen functional groups attached to an aromatic ring is 1. The minimum Gasteiger partial charge on any atom is -0.394 e. The third-order valence-corrected chi connectivity index (χ3v) is 3.52. The summed E-state index contributed by atoms with van der Waals surface area (Å²) < 4.78 is 1.72. The molecule has 2 aromatic rings. The first-order valence-corrected chi connectivity index (χ1v) is 6.16. The number of anilines is 2. The minimum absolute atomic E-state index is 0.620. The van der Waals surface area contributed by atoms with Gasteiger partial charge in [-0.15, -0.1) is 0 Å². The Morgan fingerprint density at radius 3 is 3.24 bits per heavy atom. The molecule has 3 heterocycles. The lowest BCUT2D eigenvalue weighted by molar-refractivity contribution is 0.640. The van der Waals surface area contributed by atoms with Crippen LogP contribution in [0.1, 0.15) is 26.2 Å². The van der Waals surface area contributed by atoms with Gasteiger partial charge in [-0.2, -0.15) is 5.10 Å². The number of hydrogen-bond donors (Lipinski definition) is 1. The van der Waals surface area contributed by atoms with Crippen molar-refractivity contribution in [2.45, 2.75) is 32.2 Å². The van der Waals surface area contributed by atoms with Crippen LogP contribution in [0.3, 0.4) is 0 Å². The van der Waals surface area contributed by atoms with E-state index >= 15 is 0 Å². The van der Waals surface area contributed by atoms with E-state index in [0.717, 1.165) is 18.0 Å². The standard InChI is InChI=1S/C12H17N5/c1-2-9-4-3-6-16(9)11-5-7-17-12(15-11)10(13)8-14-17/h5,7-9H,2-4,6,13H2,1H3/t9-/m0/s1. The number of nitrogens with zero attached hydrogens (tertiary/aromatic N) is 4. The first-order valence-electron chi connectivity index (χ1n) is 6.16. The zero-order chi connectivity index (χ0) is 11.8. The molecular weight excluding hydrogens is 214 g/mol. The van der Waals surface area contributed by atoms with E-state index in [1.807, 2.05) is 12.3 Å². The van der Waals surface area contributed by atoms with E-state index in [-0.39, 0.29) is 0 Å². The summed E-state index contributed by atoms with van der Waals surface area (Å²) >= 11 is 0. The Bertz CT molecular complexity index is 533. The Hall–Kier alpha value is -1.78. The molecule has 0 saturated carbocycles. The fourth-order valence-electron chi connectivity index (χ4n) is 2.60. The van der Waals surface area contributed by atoms with E-state index in [9.17, 15) is 0 Å². The smallest absolute Gasteiger partial charge is 0.180 e. The van der Waals surface area contributed by atoms with Crippen molar-refractivity contribution in [2.75, 3.05) is 17.2 Å². The summed E-state index contributed by atoms with van der Waals surface area (Å²) in [5.41, 5.74) is 7.24. The maximum atomic E-state index is 5.85. The van der Waals surface area contributed by atoms with E-state index in [1.165, 1.54) is 19.3 Å². The van der Waals surface area contributed by atoms with Crippen molar-refractivity contribution < 1.29 is 0 Å². The molecule has 1 aliphatic rings. The van der Waals surface area contributed by atoms with Crippen molar-refractivity contribution in [3.63, 3.8) is 0 Å². The van der Waals surface area contributed by atoms with Gasteiger partial charge in [-0.1, -0.05) is 6.92 Å². The molecule has 0 aliphatic carbocycles. The molecule has 1 aliphatic heterocycles. The van der Waals surface area contributed by atoms with E-state index in [0.29, 0.717) is 11.7 Å². The Balaban J connectivity index is 2.02. The molecule has 17 heavy (non-hydrogen) atoms. The Kier molecular flexibility index (Phi) is 2.39. The summed E-state index contributed by atoms with van der Waals surface area (Å²) in [7, 11) is 0. The van der Waals surface area contributed by atoms with Crippen LogP contribution in [-0.4, -0.2) is 27.2 Å². The van der Waals surface area contributed by atoms with Crippen LogP contribution in [0, 0.1) is 0 Å². The third kappa shape index (κ3) is 1.62. The summed E-state index contributed by atoms with van der Waals surface area (Å²) in [4.78, 5) is 7.00. The number of aromatic nitrogens is 3. The van der Waals surface area contributed by atoms with Crippen LogP contribution in [0.15, 0.2) is 18.5 Å². The highest BCUT2D eigenvalue weighted by molar-refractivity contribution is 5.65. The summed E-state index contributed by atoms with van der Waals surface area (Å²) in [6.45, 7) is 3.32. The first-order chi connectivity index (χ1) is 8.29. The molecule has 1 fully saturated rings.